The third-order valence-corrected chi connectivity index (χ3v) is 3.89. The lowest BCUT2D eigenvalue weighted by Crippen LogP contribution is -2.24. The number of amides is 1. The number of benzene rings is 2. The van der Waals surface area contributed by atoms with Crippen LogP contribution in [-0.4, -0.2) is 21.5 Å². The Morgan fingerprint density at radius 1 is 1.10 bits per heavy atom. The molecule has 0 aliphatic heterocycles. The Labute approximate surface area is 177 Å². The summed E-state index contributed by atoms with van der Waals surface area (Å²) in [6.07, 6.45) is -3.82. The highest BCUT2D eigenvalue weighted by Gasteiger charge is 2.33. The van der Waals surface area contributed by atoms with Gasteiger partial charge in [0, 0.05) is 17.0 Å². The van der Waals surface area contributed by atoms with E-state index in [0.717, 1.165) is 6.20 Å². The summed E-state index contributed by atoms with van der Waals surface area (Å²) in [7, 11) is 0. The van der Waals surface area contributed by atoms with Gasteiger partial charge in [0.25, 0.3) is 0 Å². The number of nitrogens with zero attached hydrogens (tertiary/aromatic N) is 1. The number of nitrogens with one attached hydrogen (secondary N) is 2. The average molecular weight is 427 g/mol. The van der Waals surface area contributed by atoms with Gasteiger partial charge >= 0.3 is 12.1 Å². The lowest BCUT2D eigenvalue weighted by atomic mass is 10.1. The number of imidazole rings is 1. The van der Waals surface area contributed by atoms with Crippen LogP contribution in [0.3, 0.4) is 0 Å². The van der Waals surface area contributed by atoms with Crippen LogP contribution >= 0.6 is 0 Å². The smallest absolute Gasteiger partial charge is 0.432 e. The number of carbonyl (C=O) groups is 1. The normalized spacial score (nSPS) is 11.4. The van der Waals surface area contributed by atoms with Crippen molar-refractivity contribution >= 4 is 11.6 Å². The van der Waals surface area contributed by atoms with E-state index in [9.17, 15) is 18.0 Å². The molecule has 1 heterocycles. The molecular formula is C23H20F3N3O2. The highest BCUT2D eigenvalue weighted by Crippen LogP contribution is 2.34. The zero-order valence-corrected chi connectivity index (χ0v) is 17.1. The minimum absolute atomic E-state index is 0.0144. The van der Waals surface area contributed by atoms with Gasteiger partial charge in [-0.05, 0) is 51.1 Å². The van der Waals surface area contributed by atoms with Gasteiger partial charge in [0.05, 0.1) is 11.9 Å². The van der Waals surface area contributed by atoms with E-state index in [1.165, 1.54) is 6.07 Å². The van der Waals surface area contributed by atoms with Gasteiger partial charge in [-0.2, -0.15) is 13.2 Å². The van der Waals surface area contributed by atoms with Crippen molar-refractivity contribution in [2.45, 2.75) is 32.5 Å². The number of anilines is 1. The number of rotatable bonds is 3. The van der Waals surface area contributed by atoms with Crippen LogP contribution in [0.25, 0.3) is 11.4 Å². The first-order valence-electron chi connectivity index (χ1n) is 9.35. The monoisotopic (exact) mass is 427 g/mol. The number of H-pyrrole nitrogens is 1. The van der Waals surface area contributed by atoms with Crippen molar-refractivity contribution in [1.29, 1.82) is 0 Å². The van der Waals surface area contributed by atoms with Crippen LogP contribution in [0.5, 0.6) is 5.75 Å². The molecule has 0 bridgehead atoms. The molecule has 0 unspecified atom stereocenters. The van der Waals surface area contributed by atoms with Crippen LogP contribution in [-0.2, 0) is 11.0 Å². The Morgan fingerprint density at radius 2 is 1.81 bits per heavy atom. The second kappa shape index (κ2) is 8.56. The molecule has 1 amide bonds. The van der Waals surface area contributed by atoms with E-state index in [1.54, 1.807) is 36.4 Å². The third-order valence-electron chi connectivity index (χ3n) is 3.89. The van der Waals surface area contributed by atoms with E-state index in [-0.39, 0.29) is 11.5 Å². The number of aromatic amines is 1. The van der Waals surface area contributed by atoms with E-state index in [2.05, 4.69) is 27.1 Å². The van der Waals surface area contributed by atoms with Gasteiger partial charge in [0.2, 0.25) is 0 Å². The molecular weight excluding hydrogens is 407 g/mol. The van der Waals surface area contributed by atoms with E-state index in [1.807, 2.05) is 26.8 Å². The zero-order valence-electron chi connectivity index (χ0n) is 17.1. The van der Waals surface area contributed by atoms with E-state index in [0.29, 0.717) is 16.9 Å². The topological polar surface area (TPSA) is 67.0 Å². The maximum Gasteiger partial charge on any atom is 0.432 e. The molecule has 8 heteroatoms. The molecule has 160 valence electrons. The first kappa shape index (κ1) is 22.0. The third kappa shape index (κ3) is 6.12. The summed E-state index contributed by atoms with van der Waals surface area (Å²) in [5.74, 6) is 5.03. The lowest BCUT2D eigenvalue weighted by Gasteiger charge is -2.23. The molecule has 0 fully saturated rings. The van der Waals surface area contributed by atoms with Gasteiger partial charge in [-0.25, -0.2) is 4.98 Å². The second-order valence-electron chi connectivity index (χ2n) is 7.64. The maximum atomic E-state index is 12.9. The predicted molar refractivity (Wildman–Crippen MR) is 111 cm³/mol. The minimum Gasteiger partial charge on any atom is -0.486 e. The molecule has 2 N–H and O–H groups in total. The molecule has 2 aromatic carbocycles. The van der Waals surface area contributed by atoms with Crippen LogP contribution < -0.4 is 10.1 Å². The molecule has 0 saturated heterocycles. The Balaban J connectivity index is 1.92. The van der Waals surface area contributed by atoms with E-state index >= 15 is 0 Å². The average Bonchev–Trinajstić information content (AvgIpc) is 3.18. The summed E-state index contributed by atoms with van der Waals surface area (Å²) in [6, 6.07) is 13.6. The van der Waals surface area contributed by atoms with Gasteiger partial charge in [-0.1, -0.05) is 24.1 Å². The van der Waals surface area contributed by atoms with Crippen molar-refractivity contribution in [3.05, 3.63) is 66.0 Å². The van der Waals surface area contributed by atoms with Crippen LogP contribution in [0.4, 0.5) is 18.9 Å². The van der Waals surface area contributed by atoms with Crippen molar-refractivity contribution in [2.24, 2.45) is 0 Å². The lowest BCUT2D eigenvalue weighted by molar-refractivity contribution is -0.140. The fourth-order valence-electron chi connectivity index (χ4n) is 2.61. The Bertz CT molecular complexity index is 1130. The van der Waals surface area contributed by atoms with Gasteiger partial charge in [0.1, 0.15) is 22.9 Å². The number of carbonyl (C=O) groups excluding carboxylic acids is 1. The highest BCUT2D eigenvalue weighted by molar-refractivity contribution is 6.05. The summed E-state index contributed by atoms with van der Waals surface area (Å²) < 4.78 is 44.5. The summed E-state index contributed by atoms with van der Waals surface area (Å²) in [6.45, 7) is 5.51. The molecule has 0 aliphatic rings. The molecule has 0 aliphatic carbocycles. The number of ether oxygens (including phenoxy) is 1. The molecule has 31 heavy (non-hydrogen) atoms. The van der Waals surface area contributed by atoms with Crippen LogP contribution in [0.2, 0.25) is 0 Å². The highest BCUT2D eigenvalue weighted by atomic mass is 19.4. The summed E-state index contributed by atoms with van der Waals surface area (Å²) in [5.41, 5.74) is -0.234. The van der Waals surface area contributed by atoms with Crippen LogP contribution in [0.15, 0.2) is 54.7 Å². The first-order chi connectivity index (χ1) is 14.5. The van der Waals surface area contributed by atoms with E-state index < -0.39 is 23.4 Å². The Hall–Kier alpha value is -3.73. The van der Waals surface area contributed by atoms with Crippen molar-refractivity contribution in [1.82, 2.24) is 9.97 Å². The summed E-state index contributed by atoms with van der Waals surface area (Å²) in [5, 5.41) is 2.65. The number of hydrogen-bond acceptors (Lipinski definition) is 3. The zero-order chi connectivity index (χ0) is 22.6. The molecule has 1 aromatic heterocycles. The second-order valence-corrected chi connectivity index (χ2v) is 7.64. The number of alkyl halides is 3. The van der Waals surface area contributed by atoms with Crippen LogP contribution in [0.1, 0.15) is 32.0 Å². The minimum atomic E-state index is -4.54. The van der Waals surface area contributed by atoms with Crippen LogP contribution in [0, 0.1) is 11.8 Å². The number of hydrogen-bond donors (Lipinski definition) is 2. The molecule has 3 aromatic rings. The molecule has 3 rings (SSSR count). The summed E-state index contributed by atoms with van der Waals surface area (Å²) in [4.78, 5) is 18.4. The molecule has 0 radical (unpaired) electrons. The predicted octanol–water partition coefficient (Wildman–Crippen LogP) is 5.26. The van der Waals surface area contributed by atoms with Gasteiger partial charge < -0.3 is 15.0 Å². The van der Waals surface area contributed by atoms with Gasteiger partial charge in [-0.15, -0.1) is 0 Å². The fourth-order valence-corrected chi connectivity index (χ4v) is 2.61. The molecule has 5 nitrogen and oxygen atoms in total. The van der Waals surface area contributed by atoms with Crippen molar-refractivity contribution in [2.75, 3.05) is 5.32 Å². The molecule has 0 spiro atoms. The fraction of sp³-hybridized carbons (Fsp3) is 0.217. The quantitative estimate of drug-likeness (QED) is 0.560. The Morgan fingerprint density at radius 3 is 2.42 bits per heavy atom. The van der Waals surface area contributed by atoms with Gasteiger partial charge in [0.15, 0.2) is 0 Å². The number of aromatic nitrogens is 2. The Kier molecular flexibility index (Phi) is 6.07. The maximum absolute atomic E-state index is 12.9. The largest absolute Gasteiger partial charge is 0.486 e. The van der Waals surface area contributed by atoms with Crippen molar-refractivity contribution < 1.29 is 22.7 Å². The summed E-state index contributed by atoms with van der Waals surface area (Å²) >= 11 is 0. The standard InChI is InChI=1S/C23H20F3N3O2/c1-22(2,3)31-18-11-10-16(21-27-14-19(29-21)23(24,25)26)13-17(18)28-20(30)12-9-15-7-5-4-6-8-15/h4-8,10-11,13-14H,1-3H3,(H,27,29)(H,28,30). The SMILES string of the molecule is CC(C)(C)Oc1ccc(-c2ncc(C(F)(F)F)[nH]2)cc1NC(=O)C#Cc1ccccc1. The molecule has 0 saturated carbocycles. The van der Waals surface area contributed by atoms with Gasteiger partial charge in [-0.3, -0.25) is 4.79 Å². The van der Waals surface area contributed by atoms with Crippen molar-refractivity contribution in [3.63, 3.8) is 0 Å². The van der Waals surface area contributed by atoms with Crippen molar-refractivity contribution in [3.8, 4) is 29.0 Å². The van der Waals surface area contributed by atoms with E-state index in [4.69, 9.17) is 4.74 Å². The first-order valence-corrected chi connectivity index (χ1v) is 9.35. The molecule has 0 atom stereocenters. The number of halogens is 3.